The van der Waals surface area contributed by atoms with Crippen LogP contribution in [0.25, 0.3) is 0 Å². The second-order valence-corrected chi connectivity index (χ2v) is 9.05. The number of amides is 1. The molecule has 1 atom stereocenters. The van der Waals surface area contributed by atoms with Gasteiger partial charge in [-0.25, -0.2) is 0 Å². The van der Waals surface area contributed by atoms with Crippen LogP contribution in [-0.4, -0.2) is 90.3 Å². The van der Waals surface area contributed by atoms with E-state index in [2.05, 4.69) is 22.0 Å². The van der Waals surface area contributed by atoms with Crippen molar-refractivity contribution in [3.63, 3.8) is 0 Å². The number of rotatable bonds is 8. The summed E-state index contributed by atoms with van der Waals surface area (Å²) in [5.41, 5.74) is 2.61. The van der Waals surface area contributed by atoms with Gasteiger partial charge in [0.25, 0.3) is 5.91 Å². The summed E-state index contributed by atoms with van der Waals surface area (Å²) in [4.78, 5) is 20.2. The highest BCUT2D eigenvalue weighted by Crippen LogP contribution is 2.29. The number of piperazine rings is 1. The topological polar surface area (TPSA) is 73.0 Å². The van der Waals surface area contributed by atoms with E-state index in [0.29, 0.717) is 24.4 Å². The molecule has 0 aliphatic carbocycles. The molecule has 0 saturated carbocycles. The predicted octanol–water partition coefficient (Wildman–Crippen LogP) is 2.26. The first-order chi connectivity index (χ1) is 14.3. The van der Waals surface area contributed by atoms with E-state index in [1.165, 1.54) is 0 Å². The molecule has 164 valence electrons. The van der Waals surface area contributed by atoms with Crippen LogP contribution in [0.3, 0.4) is 0 Å². The van der Waals surface area contributed by atoms with Gasteiger partial charge in [0, 0.05) is 62.5 Å². The maximum atomic E-state index is 13.1. The molecule has 1 aromatic heterocycles. The zero-order valence-electron chi connectivity index (χ0n) is 18.3. The van der Waals surface area contributed by atoms with Crippen molar-refractivity contribution in [3.8, 4) is 0 Å². The minimum atomic E-state index is -0.565. The maximum Gasteiger partial charge on any atom is 0.254 e. The normalized spacial score (nSPS) is 16.6. The number of hydrogen-bond donors (Lipinski definition) is 1. The fourth-order valence-corrected chi connectivity index (χ4v) is 4.82. The van der Waals surface area contributed by atoms with Gasteiger partial charge in [-0.05, 0) is 33.0 Å². The first-order valence-corrected chi connectivity index (χ1v) is 11.3. The van der Waals surface area contributed by atoms with Crippen LogP contribution in [0.2, 0.25) is 0 Å². The van der Waals surface area contributed by atoms with Crippen LogP contribution in [0.5, 0.6) is 0 Å². The Bertz CT molecular complexity index is 829. The Labute approximate surface area is 183 Å². The number of aryl methyl sites for hydroxylation is 2. The lowest BCUT2D eigenvalue weighted by Crippen LogP contribution is -2.49. The Hall–Kier alpha value is -1.87. The number of aromatic nitrogens is 1. The van der Waals surface area contributed by atoms with Crippen LogP contribution in [0, 0.1) is 13.8 Å². The van der Waals surface area contributed by atoms with Crippen molar-refractivity contribution in [1.82, 2.24) is 19.9 Å². The lowest BCUT2D eigenvalue weighted by molar-refractivity contribution is 0.0500. The zero-order chi connectivity index (χ0) is 21.7. The molecule has 1 saturated heterocycles. The summed E-state index contributed by atoms with van der Waals surface area (Å²) in [7, 11) is 3.87. The van der Waals surface area contributed by atoms with Crippen molar-refractivity contribution in [1.29, 1.82) is 0 Å². The number of likely N-dealkylation sites (N-methyl/N-ethyl adjacent to an activating group) is 2. The summed E-state index contributed by atoms with van der Waals surface area (Å²) < 4.78 is 5.24. The third-order valence-electron chi connectivity index (χ3n) is 5.57. The van der Waals surface area contributed by atoms with Crippen LogP contribution in [-0.2, 0) is 5.75 Å². The Balaban J connectivity index is 1.59. The number of β-amino-alcohol motifs (C(OH)–C–C–N with tert-alkyl or cyclic N) is 1. The fourth-order valence-electron chi connectivity index (χ4n) is 3.62. The number of carbonyl (C=O) groups excluding carboxylic acids is 1. The SMILES string of the molecule is Cc1noc(C)c1CSc1ccccc1C(=O)N(C)CC(O)CN1CCN(C)CC1. The Morgan fingerprint density at radius 2 is 1.97 bits per heavy atom. The van der Waals surface area contributed by atoms with Gasteiger partial charge < -0.3 is 19.4 Å². The minimum absolute atomic E-state index is 0.0747. The molecule has 8 heteroatoms. The number of aliphatic hydroxyl groups is 1. The van der Waals surface area contributed by atoms with Gasteiger partial charge in [-0.15, -0.1) is 11.8 Å². The van der Waals surface area contributed by atoms with Crippen molar-refractivity contribution < 1.29 is 14.4 Å². The molecule has 0 bridgehead atoms. The van der Waals surface area contributed by atoms with Gasteiger partial charge in [0.1, 0.15) is 5.76 Å². The number of thioether (sulfide) groups is 1. The van der Waals surface area contributed by atoms with Gasteiger partial charge in [-0.1, -0.05) is 17.3 Å². The van der Waals surface area contributed by atoms with Gasteiger partial charge in [0.2, 0.25) is 0 Å². The number of hydrogen-bond acceptors (Lipinski definition) is 7. The van der Waals surface area contributed by atoms with Crippen LogP contribution >= 0.6 is 11.8 Å². The van der Waals surface area contributed by atoms with E-state index in [1.807, 2.05) is 38.1 Å². The van der Waals surface area contributed by atoms with Crippen LogP contribution in [0.15, 0.2) is 33.7 Å². The molecule has 7 nitrogen and oxygen atoms in total. The molecule has 3 rings (SSSR count). The summed E-state index contributed by atoms with van der Waals surface area (Å²) in [6, 6.07) is 7.63. The Morgan fingerprint density at radius 1 is 1.27 bits per heavy atom. The van der Waals surface area contributed by atoms with Crippen LogP contribution in [0.1, 0.15) is 27.4 Å². The van der Waals surface area contributed by atoms with E-state index in [0.717, 1.165) is 48.1 Å². The minimum Gasteiger partial charge on any atom is -0.390 e. The fraction of sp³-hybridized carbons (Fsp3) is 0.545. The predicted molar refractivity (Wildman–Crippen MR) is 119 cm³/mol. The molecule has 1 unspecified atom stereocenters. The summed E-state index contributed by atoms with van der Waals surface area (Å²) in [5.74, 6) is 1.43. The van der Waals surface area contributed by atoms with Crippen molar-refractivity contribution in [2.45, 2.75) is 30.6 Å². The maximum absolute atomic E-state index is 13.1. The highest BCUT2D eigenvalue weighted by Gasteiger charge is 2.22. The smallest absolute Gasteiger partial charge is 0.254 e. The van der Waals surface area contributed by atoms with Crippen molar-refractivity contribution in [2.24, 2.45) is 0 Å². The van der Waals surface area contributed by atoms with Crippen LogP contribution < -0.4 is 0 Å². The summed E-state index contributed by atoms with van der Waals surface area (Å²) in [6.45, 7) is 8.66. The molecule has 1 aromatic carbocycles. The van der Waals surface area contributed by atoms with Crippen molar-refractivity contribution >= 4 is 17.7 Å². The van der Waals surface area contributed by atoms with Gasteiger partial charge in [0.05, 0.1) is 17.4 Å². The number of aliphatic hydroxyl groups excluding tert-OH is 1. The number of nitrogens with zero attached hydrogens (tertiary/aromatic N) is 4. The van der Waals surface area contributed by atoms with Crippen molar-refractivity contribution in [2.75, 3.05) is 53.4 Å². The van der Waals surface area contributed by atoms with E-state index in [1.54, 1.807) is 23.7 Å². The highest BCUT2D eigenvalue weighted by molar-refractivity contribution is 7.98. The van der Waals surface area contributed by atoms with Gasteiger partial charge in [-0.3, -0.25) is 9.69 Å². The lowest BCUT2D eigenvalue weighted by Gasteiger charge is -2.34. The number of benzene rings is 1. The van der Waals surface area contributed by atoms with Gasteiger partial charge in [0.15, 0.2) is 0 Å². The molecule has 1 aliphatic heterocycles. The monoisotopic (exact) mass is 432 g/mol. The number of carbonyl (C=O) groups is 1. The summed E-state index contributed by atoms with van der Waals surface area (Å²) >= 11 is 1.60. The van der Waals surface area contributed by atoms with E-state index in [9.17, 15) is 9.90 Å². The molecular weight excluding hydrogens is 400 g/mol. The van der Waals surface area contributed by atoms with E-state index in [-0.39, 0.29) is 5.91 Å². The first kappa shape index (κ1) is 22.8. The van der Waals surface area contributed by atoms with Gasteiger partial charge >= 0.3 is 0 Å². The average Bonchev–Trinajstić information content (AvgIpc) is 3.05. The Morgan fingerprint density at radius 3 is 2.63 bits per heavy atom. The zero-order valence-corrected chi connectivity index (χ0v) is 19.1. The molecule has 30 heavy (non-hydrogen) atoms. The van der Waals surface area contributed by atoms with E-state index >= 15 is 0 Å². The molecule has 1 fully saturated rings. The average molecular weight is 433 g/mol. The first-order valence-electron chi connectivity index (χ1n) is 10.3. The largest absolute Gasteiger partial charge is 0.390 e. The van der Waals surface area contributed by atoms with E-state index < -0.39 is 6.10 Å². The summed E-state index contributed by atoms with van der Waals surface area (Å²) in [5, 5.41) is 14.5. The lowest BCUT2D eigenvalue weighted by atomic mass is 10.2. The molecular formula is C22H32N4O3S. The molecule has 0 radical (unpaired) electrons. The molecule has 0 spiro atoms. The molecule has 1 amide bonds. The summed E-state index contributed by atoms with van der Waals surface area (Å²) in [6.07, 6.45) is -0.565. The highest BCUT2D eigenvalue weighted by atomic mass is 32.2. The molecule has 1 N–H and O–H groups in total. The second kappa shape index (κ2) is 10.4. The third-order valence-corrected chi connectivity index (χ3v) is 6.67. The van der Waals surface area contributed by atoms with Crippen LogP contribution in [0.4, 0.5) is 0 Å². The third kappa shape index (κ3) is 5.85. The molecule has 1 aliphatic rings. The van der Waals surface area contributed by atoms with E-state index in [4.69, 9.17) is 4.52 Å². The Kier molecular flexibility index (Phi) is 7.93. The quantitative estimate of drug-likeness (QED) is 0.642. The standard InChI is InChI=1S/C22H32N4O3S/c1-16-20(17(2)29-23-16)15-30-21-8-6-5-7-19(21)22(28)25(4)13-18(27)14-26-11-9-24(3)10-12-26/h5-8,18,27H,9-15H2,1-4H3. The molecule has 2 heterocycles. The second-order valence-electron chi connectivity index (χ2n) is 8.03. The van der Waals surface area contributed by atoms with Gasteiger partial charge in [-0.2, -0.15) is 0 Å². The molecule has 2 aromatic rings. The van der Waals surface area contributed by atoms with Crippen molar-refractivity contribution in [3.05, 3.63) is 46.8 Å².